The number of aliphatic imine (C=N–C) groups is 1. The molecular formula is C25H21N3O4S. The van der Waals surface area contributed by atoms with Crippen LogP contribution in [-0.2, 0) is 14.4 Å². The molecule has 1 aliphatic rings. The summed E-state index contributed by atoms with van der Waals surface area (Å²) in [7, 11) is 0. The summed E-state index contributed by atoms with van der Waals surface area (Å²) in [6.45, 7) is 1.32. The van der Waals surface area contributed by atoms with Gasteiger partial charge in [-0.3, -0.25) is 19.3 Å². The van der Waals surface area contributed by atoms with Crippen molar-refractivity contribution < 1.29 is 19.1 Å². The number of thioether (sulfide) groups is 1. The number of benzene rings is 3. The van der Waals surface area contributed by atoms with Gasteiger partial charge in [-0.15, -0.1) is 0 Å². The molecule has 3 aromatic carbocycles. The second-order valence-electron chi connectivity index (χ2n) is 7.22. The molecular weight excluding hydrogens is 438 g/mol. The van der Waals surface area contributed by atoms with E-state index < -0.39 is 11.2 Å². The smallest absolute Gasteiger partial charge is 0.308 e. The lowest BCUT2D eigenvalue weighted by atomic mass is 10.2. The number of ether oxygens (including phenoxy) is 1. The van der Waals surface area contributed by atoms with Crippen LogP contribution in [0.25, 0.3) is 0 Å². The highest BCUT2D eigenvalue weighted by molar-refractivity contribution is 8.16. The number of amidine groups is 1. The second kappa shape index (κ2) is 10.1. The fourth-order valence-electron chi connectivity index (χ4n) is 3.25. The molecule has 3 aromatic rings. The van der Waals surface area contributed by atoms with Gasteiger partial charge in [-0.1, -0.05) is 48.2 Å². The Balaban J connectivity index is 1.49. The standard InChI is InChI=1S/C25H21N3O4S/c1-17(29)32-21-14-12-19(13-15-21)26-23(30)16-22-24(31)28(20-10-6-3-7-11-20)25(33-22)27-18-8-4-2-5-9-18/h2-15,22H,16H2,1H3,(H,26,30)/t22-/m1/s1. The first kappa shape index (κ1) is 22.3. The lowest BCUT2D eigenvalue weighted by molar-refractivity contribution is -0.131. The molecule has 2 amide bonds. The van der Waals surface area contributed by atoms with E-state index in [1.54, 1.807) is 29.2 Å². The highest BCUT2D eigenvalue weighted by atomic mass is 32.2. The van der Waals surface area contributed by atoms with E-state index in [9.17, 15) is 14.4 Å². The second-order valence-corrected chi connectivity index (χ2v) is 8.39. The first-order valence-corrected chi connectivity index (χ1v) is 11.2. The number of hydrogen-bond acceptors (Lipinski definition) is 6. The maximum absolute atomic E-state index is 13.2. The first-order chi connectivity index (χ1) is 16.0. The summed E-state index contributed by atoms with van der Waals surface area (Å²) < 4.78 is 4.99. The normalized spacial score (nSPS) is 16.6. The van der Waals surface area contributed by atoms with Crippen LogP contribution in [0.5, 0.6) is 5.75 Å². The Labute approximate surface area is 195 Å². The van der Waals surface area contributed by atoms with Crippen LogP contribution in [0.2, 0.25) is 0 Å². The number of amides is 2. The molecule has 1 N–H and O–H groups in total. The van der Waals surface area contributed by atoms with Crippen molar-refractivity contribution in [3.8, 4) is 5.75 Å². The maximum atomic E-state index is 13.2. The molecule has 1 saturated heterocycles. The summed E-state index contributed by atoms with van der Waals surface area (Å²) in [4.78, 5) is 43.1. The number of hydrogen-bond donors (Lipinski definition) is 1. The van der Waals surface area contributed by atoms with Gasteiger partial charge in [-0.05, 0) is 48.5 Å². The van der Waals surface area contributed by atoms with Crippen molar-refractivity contribution >= 4 is 51.8 Å². The largest absolute Gasteiger partial charge is 0.427 e. The van der Waals surface area contributed by atoms with Crippen molar-refractivity contribution in [2.45, 2.75) is 18.6 Å². The maximum Gasteiger partial charge on any atom is 0.308 e. The number of nitrogens with one attached hydrogen (secondary N) is 1. The number of carbonyl (C=O) groups excluding carboxylic acids is 3. The van der Waals surface area contributed by atoms with Gasteiger partial charge >= 0.3 is 5.97 Å². The molecule has 0 aromatic heterocycles. The van der Waals surface area contributed by atoms with E-state index in [0.29, 0.717) is 22.3 Å². The molecule has 0 saturated carbocycles. The predicted octanol–water partition coefficient (Wildman–Crippen LogP) is 4.78. The number of para-hydroxylation sites is 2. The highest BCUT2D eigenvalue weighted by Gasteiger charge is 2.40. The van der Waals surface area contributed by atoms with E-state index in [0.717, 1.165) is 5.69 Å². The molecule has 1 fully saturated rings. The van der Waals surface area contributed by atoms with Gasteiger partial charge in [0.2, 0.25) is 11.8 Å². The molecule has 0 spiro atoms. The van der Waals surface area contributed by atoms with Gasteiger partial charge in [0.15, 0.2) is 5.17 Å². The molecule has 1 heterocycles. The number of esters is 1. The highest BCUT2D eigenvalue weighted by Crippen LogP contribution is 2.35. The lowest BCUT2D eigenvalue weighted by Crippen LogP contribution is -2.33. The predicted molar refractivity (Wildman–Crippen MR) is 130 cm³/mol. The van der Waals surface area contributed by atoms with Crippen LogP contribution < -0.4 is 15.0 Å². The van der Waals surface area contributed by atoms with E-state index in [-0.39, 0.29) is 18.2 Å². The molecule has 0 bridgehead atoms. The average molecular weight is 460 g/mol. The minimum Gasteiger partial charge on any atom is -0.427 e. The average Bonchev–Trinajstić information content (AvgIpc) is 3.10. The third-order valence-corrected chi connectivity index (χ3v) is 5.84. The van der Waals surface area contributed by atoms with Crippen LogP contribution in [0.1, 0.15) is 13.3 Å². The van der Waals surface area contributed by atoms with Gasteiger partial charge in [-0.2, -0.15) is 0 Å². The minimum atomic E-state index is -0.604. The first-order valence-electron chi connectivity index (χ1n) is 10.3. The summed E-state index contributed by atoms with van der Waals surface area (Å²) >= 11 is 1.27. The van der Waals surface area contributed by atoms with Crippen molar-refractivity contribution in [1.82, 2.24) is 0 Å². The monoisotopic (exact) mass is 459 g/mol. The molecule has 4 rings (SSSR count). The molecule has 1 aliphatic heterocycles. The van der Waals surface area contributed by atoms with Gasteiger partial charge in [0.05, 0.1) is 11.4 Å². The van der Waals surface area contributed by atoms with Crippen LogP contribution in [0.15, 0.2) is 89.9 Å². The molecule has 0 radical (unpaired) electrons. The summed E-state index contributed by atoms with van der Waals surface area (Å²) in [6.07, 6.45) is -0.00760. The lowest BCUT2D eigenvalue weighted by Gasteiger charge is -2.16. The van der Waals surface area contributed by atoms with Crippen LogP contribution >= 0.6 is 11.8 Å². The fraction of sp³-hybridized carbons (Fsp3) is 0.120. The third kappa shape index (κ3) is 5.67. The fourth-order valence-corrected chi connectivity index (χ4v) is 4.41. The molecule has 0 aliphatic carbocycles. The Morgan fingerprint density at radius 3 is 2.24 bits per heavy atom. The Morgan fingerprint density at radius 2 is 1.61 bits per heavy atom. The van der Waals surface area contributed by atoms with Crippen molar-refractivity contribution in [2.24, 2.45) is 4.99 Å². The third-order valence-electron chi connectivity index (χ3n) is 4.70. The Bertz CT molecular complexity index is 1180. The number of rotatable bonds is 6. The van der Waals surface area contributed by atoms with Gasteiger partial charge < -0.3 is 10.1 Å². The van der Waals surface area contributed by atoms with E-state index in [1.807, 2.05) is 60.7 Å². The Morgan fingerprint density at radius 1 is 0.970 bits per heavy atom. The molecule has 33 heavy (non-hydrogen) atoms. The zero-order valence-electron chi connectivity index (χ0n) is 17.8. The van der Waals surface area contributed by atoms with Crippen molar-refractivity contribution in [1.29, 1.82) is 0 Å². The molecule has 7 nitrogen and oxygen atoms in total. The van der Waals surface area contributed by atoms with Crippen molar-refractivity contribution in [3.05, 3.63) is 84.9 Å². The molecule has 8 heteroatoms. The van der Waals surface area contributed by atoms with Gasteiger partial charge in [-0.25, -0.2) is 4.99 Å². The van der Waals surface area contributed by atoms with Crippen LogP contribution in [-0.4, -0.2) is 28.2 Å². The Kier molecular flexibility index (Phi) is 6.85. The summed E-state index contributed by atoms with van der Waals surface area (Å²) in [6, 6.07) is 25.1. The van der Waals surface area contributed by atoms with Gasteiger partial charge in [0, 0.05) is 19.0 Å². The number of nitrogens with zero attached hydrogens (tertiary/aromatic N) is 2. The van der Waals surface area contributed by atoms with E-state index >= 15 is 0 Å². The van der Waals surface area contributed by atoms with Gasteiger partial charge in [0.1, 0.15) is 11.0 Å². The zero-order valence-corrected chi connectivity index (χ0v) is 18.6. The van der Waals surface area contributed by atoms with E-state index in [2.05, 4.69) is 10.3 Å². The quantitative estimate of drug-likeness (QED) is 0.424. The van der Waals surface area contributed by atoms with Crippen LogP contribution in [0.4, 0.5) is 17.1 Å². The Hall–Kier alpha value is -3.91. The molecule has 0 unspecified atom stereocenters. The SMILES string of the molecule is CC(=O)Oc1ccc(NC(=O)C[C@H]2SC(=Nc3ccccc3)N(c3ccccc3)C2=O)cc1. The number of anilines is 2. The van der Waals surface area contributed by atoms with Crippen LogP contribution in [0, 0.1) is 0 Å². The molecule has 166 valence electrons. The topological polar surface area (TPSA) is 88.1 Å². The van der Waals surface area contributed by atoms with Crippen LogP contribution in [0.3, 0.4) is 0 Å². The minimum absolute atomic E-state index is 0.00760. The zero-order chi connectivity index (χ0) is 23.2. The summed E-state index contributed by atoms with van der Waals surface area (Å²) in [5.74, 6) is -0.516. The molecule has 1 atom stereocenters. The van der Waals surface area contributed by atoms with Gasteiger partial charge in [0.25, 0.3) is 0 Å². The van der Waals surface area contributed by atoms with E-state index in [1.165, 1.54) is 18.7 Å². The summed E-state index contributed by atoms with van der Waals surface area (Å²) in [5.41, 5.74) is 1.98. The number of carbonyl (C=O) groups is 3. The summed E-state index contributed by atoms with van der Waals surface area (Å²) in [5, 5.41) is 2.71. The van der Waals surface area contributed by atoms with E-state index in [4.69, 9.17) is 4.74 Å². The van der Waals surface area contributed by atoms with Crippen molar-refractivity contribution in [3.63, 3.8) is 0 Å². The van der Waals surface area contributed by atoms with Crippen molar-refractivity contribution in [2.75, 3.05) is 10.2 Å².